The lowest BCUT2D eigenvalue weighted by Crippen LogP contribution is -2.40. The number of phenolic OH excluding ortho intramolecular Hbond substituents is 1. The lowest BCUT2D eigenvalue weighted by Gasteiger charge is -2.25. The van der Waals surface area contributed by atoms with Gasteiger partial charge in [-0.2, -0.15) is 0 Å². The number of benzene rings is 2. The first kappa shape index (κ1) is 24.7. The Hall–Kier alpha value is -3.37. The number of methoxy groups -OCH3 is 2. The molecule has 35 heavy (non-hydrogen) atoms. The molecule has 3 aromatic rings. The molecule has 10 heteroatoms. The average molecular weight is 559 g/mol. The Labute approximate surface area is 213 Å². The molecule has 0 spiro atoms. The highest BCUT2D eigenvalue weighted by atomic mass is 79.9. The number of esters is 1. The van der Waals surface area contributed by atoms with Crippen molar-refractivity contribution < 1.29 is 24.1 Å². The molecule has 1 aliphatic heterocycles. The molecular weight excluding hydrogens is 536 g/mol. The second kappa shape index (κ2) is 10.1. The fourth-order valence-corrected chi connectivity index (χ4v) is 5.47. The highest BCUT2D eigenvalue weighted by Crippen LogP contribution is 2.36. The minimum Gasteiger partial charge on any atom is -0.504 e. The Morgan fingerprint density at radius 3 is 2.63 bits per heavy atom. The van der Waals surface area contributed by atoms with Crippen molar-refractivity contribution >= 4 is 39.3 Å². The molecule has 8 nitrogen and oxygen atoms in total. The van der Waals surface area contributed by atoms with Crippen molar-refractivity contribution in [1.29, 1.82) is 0 Å². The summed E-state index contributed by atoms with van der Waals surface area (Å²) < 4.78 is 18.6. The number of ether oxygens (including phenoxy) is 3. The Morgan fingerprint density at radius 2 is 1.94 bits per heavy atom. The summed E-state index contributed by atoms with van der Waals surface area (Å²) in [4.78, 5) is 31.7. The summed E-state index contributed by atoms with van der Waals surface area (Å²) in [5.41, 5.74) is 1.39. The van der Waals surface area contributed by atoms with Gasteiger partial charge in [-0.15, -0.1) is 0 Å². The number of carbonyl (C=O) groups is 1. The smallest absolute Gasteiger partial charge is 0.338 e. The Bertz CT molecular complexity index is 1520. The second-order valence-electron chi connectivity index (χ2n) is 7.59. The van der Waals surface area contributed by atoms with Crippen LogP contribution >= 0.6 is 27.3 Å². The van der Waals surface area contributed by atoms with Gasteiger partial charge in [0.05, 0.1) is 36.6 Å². The molecule has 1 N–H and O–H groups in total. The molecule has 0 bridgehead atoms. The van der Waals surface area contributed by atoms with Crippen molar-refractivity contribution in [3.05, 3.63) is 83.0 Å². The van der Waals surface area contributed by atoms with Crippen LogP contribution in [-0.2, 0) is 9.53 Å². The van der Waals surface area contributed by atoms with Gasteiger partial charge in [-0.3, -0.25) is 9.36 Å². The van der Waals surface area contributed by atoms with Gasteiger partial charge in [0.2, 0.25) is 0 Å². The van der Waals surface area contributed by atoms with Crippen molar-refractivity contribution in [3.8, 4) is 17.2 Å². The molecule has 0 radical (unpaired) electrons. The molecule has 0 aliphatic carbocycles. The topological polar surface area (TPSA) is 99.4 Å². The van der Waals surface area contributed by atoms with Crippen LogP contribution in [-0.4, -0.2) is 36.5 Å². The van der Waals surface area contributed by atoms with E-state index in [2.05, 4.69) is 20.9 Å². The first-order chi connectivity index (χ1) is 16.8. The maximum Gasteiger partial charge on any atom is 0.338 e. The largest absolute Gasteiger partial charge is 0.504 e. The van der Waals surface area contributed by atoms with Gasteiger partial charge < -0.3 is 19.3 Å². The van der Waals surface area contributed by atoms with E-state index in [-0.39, 0.29) is 29.2 Å². The number of rotatable bonds is 6. The number of fused-ring (bicyclic) bond motifs is 1. The van der Waals surface area contributed by atoms with Crippen LogP contribution in [0.5, 0.6) is 17.2 Å². The maximum atomic E-state index is 13.7. The number of aromatic hydroxyl groups is 1. The molecule has 0 amide bonds. The predicted octanol–water partition coefficient (Wildman–Crippen LogP) is 3.28. The summed E-state index contributed by atoms with van der Waals surface area (Å²) in [6.45, 7) is 3.62. The van der Waals surface area contributed by atoms with E-state index in [1.807, 2.05) is 18.2 Å². The van der Waals surface area contributed by atoms with Gasteiger partial charge in [0.15, 0.2) is 16.3 Å². The van der Waals surface area contributed by atoms with Gasteiger partial charge >= 0.3 is 5.97 Å². The predicted molar refractivity (Wildman–Crippen MR) is 136 cm³/mol. The highest BCUT2D eigenvalue weighted by Gasteiger charge is 2.35. The number of nitrogens with zero attached hydrogens (tertiary/aromatic N) is 2. The summed E-state index contributed by atoms with van der Waals surface area (Å²) in [5, 5.41) is 10.6. The maximum absolute atomic E-state index is 13.7. The third-order valence-corrected chi connectivity index (χ3v) is 6.97. The standard InChI is InChI=1S/C25H23BrN2O6S/c1-5-34-24(31)20-13(2)27-25-28(21(20)16-8-6-7-9-17(16)32-3)23(30)19(35-25)11-14-10-15(26)12-18(33-4)22(14)29/h6-12,21,29H,5H2,1-4H3/b19-11+/t21-/m1/s1. The summed E-state index contributed by atoms with van der Waals surface area (Å²) in [5.74, 6) is 0.156. The number of aromatic nitrogens is 1. The Morgan fingerprint density at radius 1 is 1.23 bits per heavy atom. The summed E-state index contributed by atoms with van der Waals surface area (Å²) in [6.07, 6.45) is 1.58. The molecule has 0 unspecified atom stereocenters. The monoisotopic (exact) mass is 558 g/mol. The molecule has 0 fully saturated rings. The highest BCUT2D eigenvalue weighted by molar-refractivity contribution is 9.10. The zero-order chi connectivity index (χ0) is 25.3. The van der Waals surface area contributed by atoms with E-state index >= 15 is 0 Å². The van der Waals surface area contributed by atoms with Crippen LogP contribution in [0.25, 0.3) is 6.08 Å². The zero-order valence-electron chi connectivity index (χ0n) is 19.5. The lowest BCUT2D eigenvalue weighted by atomic mass is 9.95. The summed E-state index contributed by atoms with van der Waals surface area (Å²) in [6, 6.07) is 9.73. The molecule has 2 heterocycles. The minimum absolute atomic E-state index is 0.0915. The molecule has 1 aliphatic rings. The van der Waals surface area contributed by atoms with Crippen LogP contribution in [0.2, 0.25) is 0 Å². The SMILES string of the molecule is CCOC(=O)C1=C(C)N=c2s/c(=C/c3cc(Br)cc(OC)c3O)c(=O)n2[C@@H]1c1ccccc1OC. The van der Waals surface area contributed by atoms with E-state index in [4.69, 9.17) is 14.2 Å². The number of halogens is 1. The molecule has 0 saturated heterocycles. The van der Waals surface area contributed by atoms with Crippen LogP contribution in [0, 0.1) is 0 Å². The number of hydrogen-bond acceptors (Lipinski definition) is 8. The van der Waals surface area contributed by atoms with E-state index in [1.165, 1.54) is 18.8 Å². The molecule has 4 rings (SSSR count). The molecule has 182 valence electrons. The van der Waals surface area contributed by atoms with Crippen LogP contribution < -0.4 is 24.4 Å². The molecule has 1 atom stereocenters. The first-order valence-electron chi connectivity index (χ1n) is 10.7. The van der Waals surface area contributed by atoms with Crippen molar-refractivity contribution in [2.24, 2.45) is 4.99 Å². The fourth-order valence-electron chi connectivity index (χ4n) is 3.98. The normalized spacial score (nSPS) is 15.5. The third-order valence-electron chi connectivity index (χ3n) is 5.53. The number of hydrogen-bond donors (Lipinski definition) is 1. The van der Waals surface area contributed by atoms with Gasteiger partial charge in [0, 0.05) is 15.6 Å². The fraction of sp³-hybridized carbons (Fsp3) is 0.240. The number of phenols is 1. The summed E-state index contributed by atoms with van der Waals surface area (Å²) in [7, 11) is 2.98. The zero-order valence-corrected chi connectivity index (χ0v) is 21.9. The molecule has 2 aromatic carbocycles. The van der Waals surface area contributed by atoms with Crippen LogP contribution in [0.15, 0.2) is 61.9 Å². The van der Waals surface area contributed by atoms with Crippen molar-refractivity contribution in [3.63, 3.8) is 0 Å². The summed E-state index contributed by atoms with van der Waals surface area (Å²) >= 11 is 4.56. The van der Waals surface area contributed by atoms with Crippen molar-refractivity contribution in [1.82, 2.24) is 4.57 Å². The van der Waals surface area contributed by atoms with Gasteiger partial charge in [0.1, 0.15) is 11.8 Å². The number of allylic oxidation sites excluding steroid dienone is 1. The Balaban J connectivity index is 2.01. The number of para-hydroxylation sites is 1. The van der Waals surface area contributed by atoms with E-state index < -0.39 is 12.0 Å². The van der Waals surface area contributed by atoms with Crippen LogP contribution in [0.4, 0.5) is 0 Å². The van der Waals surface area contributed by atoms with Gasteiger partial charge in [-0.05, 0) is 38.1 Å². The van der Waals surface area contributed by atoms with Crippen LogP contribution in [0.1, 0.15) is 31.0 Å². The second-order valence-corrected chi connectivity index (χ2v) is 9.51. The molecule has 0 saturated carbocycles. The van der Waals surface area contributed by atoms with Gasteiger partial charge in [0.25, 0.3) is 5.56 Å². The number of carbonyl (C=O) groups excluding carboxylic acids is 1. The molecular formula is C25H23BrN2O6S. The molecule has 1 aromatic heterocycles. The Kier molecular flexibility index (Phi) is 7.13. The first-order valence-corrected chi connectivity index (χ1v) is 12.3. The van der Waals surface area contributed by atoms with E-state index in [0.717, 1.165) is 11.3 Å². The van der Waals surface area contributed by atoms with Gasteiger partial charge in [-0.1, -0.05) is 45.5 Å². The van der Waals surface area contributed by atoms with E-state index in [0.29, 0.717) is 36.4 Å². The van der Waals surface area contributed by atoms with E-state index in [1.54, 1.807) is 38.1 Å². The number of thiazole rings is 1. The van der Waals surface area contributed by atoms with E-state index in [9.17, 15) is 14.7 Å². The average Bonchev–Trinajstić information content (AvgIpc) is 3.14. The minimum atomic E-state index is -0.797. The quantitative estimate of drug-likeness (QED) is 0.466. The lowest BCUT2D eigenvalue weighted by molar-refractivity contribution is -0.139. The van der Waals surface area contributed by atoms with Crippen LogP contribution in [0.3, 0.4) is 0 Å². The van der Waals surface area contributed by atoms with Crippen molar-refractivity contribution in [2.75, 3.05) is 20.8 Å². The van der Waals surface area contributed by atoms with Crippen molar-refractivity contribution in [2.45, 2.75) is 19.9 Å². The van der Waals surface area contributed by atoms with Gasteiger partial charge in [-0.25, -0.2) is 9.79 Å². The third kappa shape index (κ3) is 4.51.